The zero-order valence-corrected chi connectivity index (χ0v) is 23.2. The van der Waals surface area contributed by atoms with Crippen molar-refractivity contribution < 1.29 is 13.2 Å². The SMILES string of the molecule is Cc1cnc(Nc2cccc(CN3CCOCC3)c2)nc1Nc1cccc(S(N)(=O)=O)c1C(C)(C)C.Cl. The molecule has 0 saturated carbocycles. The molecule has 0 radical (unpaired) electrons. The highest BCUT2D eigenvalue weighted by atomic mass is 35.5. The monoisotopic (exact) mass is 546 g/mol. The molecule has 3 aromatic rings. The van der Waals surface area contributed by atoms with E-state index in [1.165, 1.54) is 11.6 Å². The predicted molar refractivity (Wildman–Crippen MR) is 150 cm³/mol. The third-order valence-corrected chi connectivity index (χ3v) is 6.95. The van der Waals surface area contributed by atoms with Crippen molar-refractivity contribution in [3.63, 3.8) is 0 Å². The molecule has 4 rings (SSSR count). The Morgan fingerprint density at radius 3 is 2.46 bits per heavy atom. The Kier molecular flexibility index (Phi) is 9.14. The number of aryl methyl sites for hydroxylation is 1. The maximum atomic E-state index is 12.3. The van der Waals surface area contributed by atoms with E-state index >= 15 is 0 Å². The van der Waals surface area contributed by atoms with Crippen LogP contribution in [-0.2, 0) is 26.7 Å². The van der Waals surface area contributed by atoms with E-state index in [0.717, 1.165) is 44.1 Å². The van der Waals surface area contributed by atoms with Crippen LogP contribution in [0.5, 0.6) is 0 Å². The molecule has 4 N–H and O–H groups in total. The zero-order chi connectivity index (χ0) is 25.9. The molecule has 37 heavy (non-hydrogen) atoms. The highest BCUT2D eigenvalue weighted by Gasteiger charge is 2.27. The fourth-order valence-corrected chi connectivity index (χ4v) is 5.27. The van der Waals surface area contributed by atoms with Gasteiger partial charge < -0.3 is 15.4 Å². The first-order valence-corrected chi connectivity index (χ1v) is 13.5. The second-order valence-electron chi connectivity index (χ2n) is 10.0. The number of anilines is 4. The largest absolute Gasteiger partial charge is 0.379 e. The van der Waals surface area contributed by atoms with Gasteiger partial charge in [-0.25, -0.2) is 18.5 Å². The van der Waals surface area contributed by atoms with Gasteiger partial charge in [-0.15, -0.1) is 12.4 Å². The molecule has 1 fully saturated rings. The van der Waals surface area contributed by atoms with E-state index in [0.29, 0.717) is 23.0 Å². The number of hydrogen-bond donors (Lipinski definition) is 3. The van der Waals surface area contributed by atoms with Gasteiger partial charge in [-0.2, -0.15) is 4.98 Å². The Labute approximate surface area is 225 Å². The van der Waals surface area contributed by atoms with E-state index in [1.54, 1.807) is 12.3 Å². The molecule has 0 unspecified atom stereocenters. The summed E-state index contributed by atoms with van der Waals surface area (Å²) in [7, 11) is -3.90. The average Bonchev–Trinajstić information content (AvgIpc) is 2.81. The standard InChI is InChI=1S/C26H34N6O3S.ClH/c1-18-16-28-25(29-20-8-5-7-19(15-20)17-32-11-13-35-14-12-32)31-24(18)30-21-9-6-10-22(36(27,33)34)23(21)26(2,3)4;/h5-10,15-16H,11-14,17H2,1-4H3,(H2,27,33,34)(H2,28,29,30,31);1H. The molecule has 2 aromatic carbocycles. The van der Waals surface area contributed by atoms with E-state index in [2.05, 4.69) is 37.6 Å². The number of morpholine rings is 1. The van der Waals surface area contributed by atoms with Crippen molar-refractivity contribution in [3.05, 3.63) is 65.4 Å². The van der Waals surface area contributed by atoms with Gasteiger partial charge in [-0.1, -0.05) is 39.0 Å². The van der Waals surface area contributed by atoms with Gasteiger partial charge in [0.1, 0.15) is 5.82 Å². The van der Waals surface area contributed by atoms with Crippen LogP contribution in [0.3, 0.4) is 0 Å². The van der Waals surface area contributed by atoms with Gasteiger partial charge in [-0.3, -0.25) is 4.90 Å². The molecule has 1 saturated heterocycles. The Hall–Kier alpha value is -2.76. The number of sulfonamides is 1. The lowest BCUT2D eigenvalue weighted by atomic mass is 9.85. The number of nitrogens with two attached hydrogens (primary N) is 1. The lowest BCUT2D eigenvalue weighted by molar-refractivity contribution is 0.0342. The second-order valence-corrected chi connectivity index (χ2v) is 11.6. The Bertz CT molecular complexity index is 1340. The van der Waals surface area contributed by atoms with Gasteiger partial charge in [0.25, 0.3) is 0 Å². The fraction of sp³-hybridized carbons (Fsp3) is 0.385. The number of nitrogens with one attached hydrogen (secondary N) is 2. The highest BCUT2D eigenvalue weighted by Crippen LogP contribution is 2.36. The van der Waals surface area contributed by atoms with E-state index < -0.39 is 15.4 Å². The van der Waals surface area contributed by atoms with E-state index in [4.69, 9.17) is 9.88 Å². The van der Waals surface area contributed by atoms with E-state index in [9.17, 15) is 8.42 Å². The topological polar surface area (TPSA) is 122 Å². The Balaban J connectivity index is 0.00000380. The molecule has 0 amide bonds. The average molecular weight is 547 g/mol. The summed E-state index contributed by atoms with van der Waals surface area (Å²) in [6.45, 7) is 12.0. The summed E-state index contributed by atoms with van der Waals surface area (Å²) in [6, 6.07) is 13.2. The van der Waals surface area contributed by atoms with Gasteiger partial charge in [0, 0.05) is 48.3 Å². The third kappa shape index (κ3) is 7.39. The van der Waals surface area contributed by atoms with Crippen LogP contribution in [0, 0.1) is 6.92 Å². The zero-order valence-electron chi connectivity index (χ0n) is 21.6. The summed E-state index contributed by atoms with van der Waals surface area (Å²) in [5.74, 6) is 1.01. The van der Waals surface area contributed by atoms with Crippen LogP contribution >= 0.6 is 12.4 Å². The summed E-state index contributed by atoms with van der Waals surface area (Å²) in [4.78, 5) is 11.6. The number of aromatic nitrogens is 2. The first kappa shape index (κ1) is 28.8. The highest BCUT2D eigenvalue weighted by molar-refractivity contribution is 7.89. The molecule has 1 aromatic heterocycles. The lowest BCUT2D eigenvalue weighted by Crippen LogP contribution is -2.35. The van der Waals surface area contributed by atoms with Crippen molar-refractivity contribution in [2.75, 3.05) is 36.9 Å². The number of rotatable bonds is 7. The van der Waals surface area contributed by atoms with Crippen molar-refractivity contribution in [1.29, 1.82) is 0 Å². The van der Waals surface area contributed by atoms with Crippen LogP contribution in [0.4, 0.5) is 23.1 Å². The summed E-state index contributed by atoms with van der Waals surface area (Å²) in [5.41, 5.74) is 3.67. The number of ether oxygens (including phenoxy) is 1. The van der Waals surface area contributed by atoms with Crippen LogP contribution in [0.2, 0.25) is 0 Å². The molecule has 2 heterocycles. The molecule has 1 aliphatic rings. The van der Waals surface area contributed by atoms with Crippen molar-refractivity contribution in [2.24, 2.45) is 5.14 Å². The molecule has 0 spiro atoms. The summed E-state index contributed by atoms with van der Waals surface area (Å²) < 4.78 is 30.0. The Morgan fingerprint density at radius 2 is 1.78 bits per heavy atom. The van der Waals surface area contributed by atoms with Gasteiger partial charge in [-0.05, 0) is 42.2 Å². The minimum absolute atomic E-state index is 0. The number of primary sulfonamides is 1. The van der Waals surface area contributed by atoms with Crippen molar-refractivity contribution >= 4 is 45.6 Å². The fourth-order valence-electron chi connectivity index (χ4n) is 4.30. The van der Waals surface area contributed by atoms with Crippen LogP contribution in [0.15, 0.2) is 53.6 Å². The summed E-state index contributed by atoms with van der Waals surface area (Å²) in [5, 5.41) is 12.1. The normalized spacial score (nSPS) is 14.6. The number of benzene rings is 2. The Morgan fingerprint density at radius 1 is 1.08 bits per heavy atom. The third-order valence-electron chi connectivity index (χ3n) is 6.00. The maximum absolute atomic E-state index is 12.3. The van der Waals surface area contributed by atoms with Gasteiger partial charge >= 0.3 is 0 Å². The van der Waals surface area contributed by atoms with Crippen LogP contribution in [0.25, 0.3) is 0 Å². The van der Waals surface area contributed by atoms with Gasteiger partial charge in [0.2, 0.25) is 16.0 Å². The van der Waals surface area contributed by atoms with Crippen LogP contribution in [-0.4, -0.2) is 49.6 Å². The van der Waals surface area contributed by atoms with Gasteiger partial charge in [0.15, 0.2) is 0 Å². The first-order valence-electron chi connectivity index (χ1n) is 11.9. The smallest absolute Gasteiger partial charge is 0.238 e. The number of nitrogens with zero attached hydrogens (tertiary/aromatic N) is 3. The van der Waals surface area contributed by atoms with Crippen molar-refractivity contribution in [3.8, 4) is 0 Å². The molecule has 1 aliphatic heterocycles. The van der Waals surface area contributed by atoms with Crippen LogP contribution in [0.1, 0.15) is 37.5 Å². The van der Waals surface area contributed by atoms with Crippen LogP contribution < -0.4 is 15.8 Å². The maximum Gasteiger partial charge on any atom is 0.238 e. The molecule has 0 bridgehead atoms. The number of halogens is 1. The minimum atomic E-state index is -3.90. The lowest BCUT2D eigenvalue weighted by Gasteiger charge is -2.26. The molecule has 200 valence electrons. The quantitative estimate of drug-likeness (QED) is 0.396. The van der Waals surface area contributed by atoms with Gasteiger partial charge in [0.05, 0.1) is 18.1 Å². The number of hydrogen-bond acceptors (Lipinski definition) is 8. The molecule has 11 heteroatoms. The molecular weight excluding hydrogens is 512 g/mol. The first-order chi connectivity index (χ1) is 17.0. The summed E-state index contributed by atoms with van der Waals surface area (Å²) in [6.07, 6.45) is 1.73. The summed E-state index contributed by atoms with van der Waals surface area (Å²) >= 11 is 0. The predicted octanol–water partition coefficient (Wildman–Crippen LogP) is 4.47. The molecule has 0 atom stereocenters. The second kappa shape index (κ2) is 11.7. The molecular formula is C26H35ClN6O3S. The van der Waals surface area contributed by atoms with Crippen molar-refractivity contribution in [2.45, 2.75) is 44.6 Å². The molecule has 0 aliphatic carbocycles. The van der Waals surface area contributed by atoms with E-state index in [1.807, 2.05) is 45.9 Å². The van der Waals surface area contributed by atoms with E-state index in [-0.39, 0.29) is 17.3 Å². The minimum Gasteiger partial charge on any atom is -0.379 e. The van der Waals surface area contributed by atoms with Crippen molar-refractivity contribution in [1.82, 2.24) is 14.9 Å². The molecule has 9 nitrogen and oxygen atoms in total.